The van der Waals surface area contributed by atoms with Gasteiger partial charge in [0.1, 0.15) is 5.52 Å². The molecule has 0 atom stereocenters. The highest BCUT2D eigenvalue weighted by molar-refractivity contribution is 6.31. The van der Waals surface area contributed by atoms with Gasteiger partial charge in [0.05, 0.1) is 16.9 Å². The molecular weight excluding hydrogens is 441 g/mol. The third-order valence-electron chi connectivity index (χ3n) is 5.92. The van der Waals surface area contributed by atoms with Crippen LogP contribution in [-0.4, -0.2) is 50.6 Å². The Balaban J connectivity index is 1.72. The Kier molecular flexibility index (Phi) is 6.77. The molecule has 2 N–H and O–H groups in total. The van der Waals surface area contributed by atoms with Crippen molar-refractivity contribution in [1.29, 1.82) is 0 Å². The van der Waals surface area contributed by atoms with Crippen molar-refractivity contribution in [3.05, 3.63) is 35.2 Å². The molecule has 0 saturated heterocycles. The Hall–Kier alpha value is -2.45. The third-order valence-corrected chi connectivity index (χ3v) is 6.21. The molecule has 7 nitrogen and oxygen atoms in total. The van der Waals surface area contributed by atoms with Crippen LogP contribution in [0.15, 0.2) is 24.4 Å². The molecule has 1 fully saturated rings. The zero-order chi connectivity index (χ0) is 23.8. The average molecular weight is 474 g/mol. The molecule has 2 aromatic heterocycles. The number of halogens is 2. The highest BCUT2D eigenvalue weighted by atomic mass is 35.5. The minimum Gasteiger partial charge on any atom is -0.350 e. The molecular formula is C24H33ClFN7. The molecule has 0 bridgehead atoms. The lowest BCUT2D eigenvalue weighted by Crippen LogP contribution is -2.28. The number of fused-ring (bicyclic) bond motifs is 1. The van der Waals surface area contributed by atoms with Gasteiger partial charge in [-0.05, 0) is 78.6 Å². The molecule has 2 heterocycles. The van der Waals surface area contributed by atoms with Gasteiger partial charge in [0.25, 0.3) is 0 Å². The number of aromatic nitrogens is 4. The van der Waals surface area contributed by atoms with Crippen molar-refractivity contribution in [3.8, 4) is 0 Å². The molecule has 0 unspecified atom stereocenters. The molecule has 0 spiro atoms. The van der Waals surface area contributed by atoms with Crippen molar-refractivity contribution >= 4 is 40.3 Å². The fourth-order valence-corrected chi connectivity index (χ4v) is 4.72. The number of nitrogens with zero attached hydrogens (tertiary/aromatic N) is 5. The van der Waals surface area contributed by atoms with Crippen LogP contribution in [0.5, 0.6) is 0 Å². The minimum absolute atomic E-state index is 0.0725. The maximum Gasteiger partial charge on any atom is 0.225 e. The maximum atomic E-state index is 14.7. The normalized spacial score (nSPS) is 19.3. The van der Waals surface area contributed by atoms with Crippen LogP contribution in [0.3, 0.4) is 0 Å². The molecule has 33 heavy (non-hydrogen) atoms. The molecule has 4 rings (SSSR count). The number of benzene rings is 1. The van der Waals surface area contributed by atoms with Gasteiger partial charge >= 0.3 is 0 Å². The van der Waals surface area contributed by atoms with E-state index in [2.05, 4.69) is 60.0 Å². The van der Waals surface area contributed by atoms with Crippen LogP contribution in [0.25, 0.3) is 11.2 Å². The number of nitrogens with one attached hydrogen (secondary N) is 2. The fourth-order valence-electron chi connectivity index (χ4n) is 4.54. The number of anilines is 3. The van der Waals surface area contributed by atoms with Gasteiger partial charge in [0.15, 0.2) is 11.5 Å². The highest BCUT2D eigenvalue weighted by Gasteiger charge is 2.28. The van der Waals surface area contributed by atoms with Crippen LogP contribution in [-0.2, 0) is 0 Å². The van der Waals surface area contributed by atoms with Crippen LogP contribution in [0.1, 0.15) is 52.5 Å². The van der Waals surface area contributed by atoms with Gasteiger partial charge in [-0.3, -0.25) is 4.57 Å². The predicted octanol–water partition coefficient (Wildman–Crippen LogP) is 5.87. The first-order chi connectivity index (χ1) is 15.6. The van der Waals surface area contributed by atoms with Crippen LogP contribution in [0, 0.1) is 11.7 Å². The molecule has 1 aliphatic carbocycles. The lowest BCUT2D eigenvalue weighted by Gasteiger charge is -2.32. The van der Waals surface area contributed by atoms with Crippen molar-refractivity contribution in [1.82, 2.24) is 24.4 Å². The predicted molar refractivity (Wildman–Crippen MR) is 133 cm³/mol. The van der Waals surface area contributed by atoms with Crippen LogP contribution in [0.2, 0.25) is 5.02 Å². The number of hydrogen-bond donors (Lipinski definition) is 2. The Bertz CT molecular complexity index is 1110. The fraction of sp³-hybridized carbons (Fsp3) is 0.542. The highest BCUT2D eigenvalue weighted by Crippen LogP contribution is 2.37. The van der Waals surface area contributed by atoms with Crippen LogP contribution < -0.4 is 10.6 Å². The van der Waals surface area contributed by atoms with Crippen molar-refractivity contribution in [2.45, 2.75) is 58.0 Å². The smallest absolute Gasteiger partial charge is 0.225 e. The van der Waals surface area contributed by atoms with Crippen molar-refractivity contribution in [2.24, 2.45) is 5.92 Å². The quantitative estimate of drug-likeness (QED) is 0.466. The monoisotopic (exact) mass is 473 g/mol. The standard InChI is InChI=1S/C24H33ClFN7/c1-24(2,3)31-22-27-13-19-21(30-22)33(16-11-9-15(10-12-16)14-32(4)5)23(29-19)28-18-8-6-7-17(25)20(18)26/h6-8,13,15-16H,9-12,14H2,1-5H3,(H,28,29)(H,27,30,31)/t15-,16+. The molecule has 0 amide bonds. The van der Waals surface area contributed by atoms with E-state index in [-0.39, 0.29) is 16.6 Å². The van der Waals surface area contributed by atoms with Crippen molar-refractivity contribution < 1.29 is 4.39 Å². The first kappa shape index (κ1) is 23.7. The van der Waals surface area contributed by atoms with Gasteiger partial charge < -0.3 is 15.5 Å². The molecule has 0 aliphatic heterocycles. The average Bonchev–Trinajstić information content (AvgIpc) is 3.07. The molecule has 1 aromatic carbocycles. The van der Waals surface area contributed by atoms with E-state index in [1.807, 2.05) is 0 Å². The molecule has 9 heteroatoms. The summed E-state index contributed by atoms with van der Waals surface area (Å²) in [6.07, 6.45) is 6.02. The van der Waals surface area contributed by atoms with Crippen LogP contribution >= 0.6 is 11.6 Å². The second kappa shape index (κ2) is 9.43. The molecule has 0 radical (unpaired) electrons. The second-order valence-corrected chi connectivity index (χ2v) is 10.7. The summed E-state index contributed by atoms with van der Waals surface area (Å²) >= 11 is 6.01. The summed E-state index contributed by atoms with van der Waals surface area (Å²) in [4.78, 5) is 16.3. The van der Waals surface area contributed by atoms with E-state index in [0.29, 0.717) is 29.0 Å². The summed E-state index contributed by atoms with van der Waals surface area (Å²) in [5, 5.41) is 6.59. The Morgan fingerprint density at radius 2 is 1.88 bits per heavy atom. The number of rotatable bonds is 6. The van der Waals surface area contributed by atoms with Gasteiger partial charge in [-0.15, -0.1) is 0 Å². The molecule has 1 saturated carbocycles. The van der Waals surface area contributed by atoms with E-state index < -0.39 is 5.82 Å². The topological polar surface area (TPSA) is 70.9 Å². The lowest BCUT2D eigenvalue weighted by molar-refractivity contribution is 0.226. The van der Waals surface area contributed by atoms with Gasteiger partial charge in [-0.2, -0.15) is 4.98 Å². The summed E-state index contributed by atoms with van der Waals surface area (Å²) in [6, 6.07) is 5.14. The molecule has 178 valence electrons. The van der Waals surface area contributed by atoms with E-state index in [4.69, 9.17) is 21.6 Å². The van der Waals surface area contributed by atoms with E-state index in [0.717, 1.165) is 37.9 Å². The van der Waals surface area contributed by atoms with E-state index in [1.54, 1.807) is 18.3 Å². The Morgan fingerprint density at radius 3 is 2.55 bits per heavy atom. The van der Waals surface area contributed by atoms with Gasteiger partial charge in [0, 0.05) is 18.1 Å². The second-order valence-electron chi connectivity index (χ2n) is 10.2. The summed E-state index contributed by atoms with van der Waals surface area (Å²) in [5.41, 5.74) is 1.54. The van der Waals surface area contributed by atoms with E-state index in [1.165, 1.54) is 6.07 Å². The largest absolute Gasteiger partial charge is 0.350 e. The Morgan fingerprint density at radius 1 is 1.15 bits per heavy atom. The SMILES string of the molecule is CN(C)C[C@H]1CC[C@@H](n2c(Nc3cccc(Cl)c3F)nc3cnc(NC(C)(C)C)nc32)CC1. The first-order valence-electron chi connectivity index (χ1n) is 11.5. The van der Waals surface area contributed by atoms with Gasteiger partial charge in [-0.25, -0.2) is 14.4 Å². The maximum absolute atomic E-state index is 14.7. The number of hydrogen-bond acceptors (Lipinski definition) is 6. The van der Waals surface area contributed by atoms with Crippen molar-refractivity contribution in [2.75, 3.05) is 31.3 Å². The Labute approximate surface area is 199 Å². The van der Waals surface area contributed by atoms with Gasteiger partial charge in [0.2, 0.25) is 11.9 Å². The van der Waals surface area contributed by atoms with Gasteiger partial charge in [-0.1, -0.05) is 17.7 Å². The molecule has 1 aliphatic rings. The lowest BCUT2D eigenvalue weighted by atomic mass is 9.85. The zero-order valence-electron chi connectivity index (χ0n) is 20.0. The summed E-state index contributed by atoms with van der Waals surface area (Å²) in [5.74, 6) is 1.30. The zero-order valence-corrected chi connectivity index (χ0v) is 20.7. The third kappa shape index (κ3) is 5.55. The van der Waals surface area contributed by atoms with E-state index >= 15 is 0 Å². The summed E-state index contributed by atoms with van der Waals surface area (Å²) in [6.45, 7) is 7.30. The molecule has 3 aromatic rings. The van der Waals surface area contributed by atoms with Crippen molar-refractivity contribution in [3.63, 3.8) is 0 Å². The number of imidazole rings is 1. The first-order valence-corrected chi connectivity index (χ1v) is 11.9. The van der Waals surface area contributed by atoms with E-state index in [9.17, 15) is 4.39 Å². The summed E-state index contributed by atoms with van der Waals surface area (Å²) < 4.78 is 16.8. The van der Waals surface area contributed by atoms with Crippen LogP contribution in [0.4, 0.5) is 22.0 Å². The summed E-state index contributed by atoms with van der Waals surface area (Å²) in [7, 11) is 4.25. The minimum atomic E-state index is -0.492.